The second-order valence-corrected chi connectivity index (χ2v) is 0.500. The molecule has 0 fully saturated rings. The molecule has 11 heavy (non-hydrogen) atoms. The smallest absolute Gasteiger partial charge is 0.652 e. The molecule has 0 rings (SSSR count). The van der Waals surface area contributed by atoms with Gasteiger partial charge in [0.1, 0.15) is 0 Å². The van der Waals surface area contributed by atoms with E-state index in [4.69, 9.17) is 30.0 Å². The number of rotatable bonds is 0. The van der Waals surface area contributed by atoms with Crippen molar-refractivity contribution in [3.8, 4) is 0 Å². The second-order valence-electron chi connectivity index (χ2n) is 0.500. The predicted octanol–water partition coefficient (Wildman–Crippen LogP) is -8.72. The summed E-state index contributed by atoms with van der Waals surface area (Å²) >= 11 is 0. The molecule has 0 spiro atoms. The third-order valence-corrected chi connectivity index (χ3v) is 0. The van der Waals surface area contributed by atoms with Crippen LogP contribution in [0.4, 0.5) is 9.59 Å². The van der Waals surface area contributed by atoms with Gasteiger partial charge in [0.05, 0.1) is 0 Å². The molecule has 56 valence electrons. The first kappa shape index (κ1) is 29.9. The number of hydrogen-bond donors (Lipinski definition) is 0. The van der Waals surface area contributed by atoms with E-state index in [0.29, 0.717) is 0 Å². The molecular weight excluding hydrogens is 248 g/mol. The van der Waals surface area contributed by atoms with E-state index in [-0.39, 0.29) is 67.7 Å². The molecule has 0 amide bonds. The zero-order valence-electron chi connectivity index (χ0n) is 5.53. The van der Waals surface area contributed by atoms with Gasteiger partial charge in [-0.1, -0.05) is 0 Å². The van der Waals surface area contributed by atoms with Gasteiger partial charge in [0.2, 0.25) is 0 Å². The zero-order chi connectivity index (χ0) is 7.15. The van der Waals surface area contributed by atoms with Gasteiger partial charge in [-0.05, 0) is 12.3 Å². The van der Waals surface area contributed by atoms with Crippen LogP contribution in [0.5, 0.6) is 0 Å². The van der Waals surface area contributed by atoms with Gasteiger partial charge in [0.25, 0.3) is 0 Å². The van der Waals surface area contributed by atoms with Crippen LogP contribution in [0.25, 0.3) is 0 Å². The monoisotopic (exact) mass is 250 g/mol. The molecule has 0 saturated heterocycles. The Kier molecular flexibility index (Phi) is 61.0. The fourth-order valence-electron chi connectivity index (χ4n) is 0. The van der Waals surface area contributed by atoms with Gasteiger partial charge in [-0.3, -0.25) is 0 Å². The molecule has 0 unspecified atom stereocenters. The van der Waals surface area contributed by atoms with Crippen molar-refractivity contribution in [2.24, 2.45) is 0 Å². The Morgan fingerprint density at radius 1 is 0.818 bits per heavy atom. The van der Waals surface area contributed by atoms with Crippen molar-refractivity contribution in [1.29, 1.82) is 0 Å². The molecule has 9 heteroatoms. The van der Waals surface area contributed by atoms with E-state index in [1.165, 1.54) is 0 Å². The summed E-state index contributed by atoms with van der Waals surface area (Å²) in [7, 11) is 0. The van der Waals surface area contributed by atoms with Gasteiger partial charge in [-0.15, -0.1) is 0 Å². The molecule has 0 bridgehead atoms. The van der Waals surface area contributed by atoms with Crippen LogP contribution in [-0.4, -0.2) is 17.8 Å². The summed E-state index contributed by atoms with van der Waals surface area (Å²) in [5.41, 5.74) is 0. The van der Waals surface area contributed by atoms with E-state index in [9.17, 15) is 0 Å². The molecule has 0 atom stereocenters. The van der Waals surface area contributed by atoms with Gasteiger partial charge in [0.15, 0.2) is 0 Å². The first-order valence-electron chi connectivity index (χ1n) is 1.22. The van der Waals surface area contributed by atoms with Gasteiger partial charge >= 0.3 is 62.3 Å². The minimum absolute atomic E-state index is 0. The first-order valence-corrected chi connectivity index (χ1v) is 1.22. The van der Waals surface area contributed by atoms with Crippen LogP contribution in [0, 0.1) is 0 Å². The molecule has 0 aliphatic rings. The van der Waals surface area contributed by atoms with Crippen LogP contribution < -0.4 is 50.0 Å². The van der Waals surface area contributed by atoms with E-state index in [0.717, 1.165) is 0 Å². The average molecular weight is 250 g/mol. The van der Waals surface area contributed by atoms with Crippen molar-refractivity contribution in [3.63, 3.8) is 0 Å². The number of carboxylic acid groups (broad SMARTS) is 4. The summed E-state index contributed by atoms with van der Waals surface area (Å²) in [5, 5.41) is 33.3. The topological polar surface area (TPSA) is 158 Å². The first-order chi connectivity index (χ1) is 3.46. The van der Waals surface area contributed by atoms with E-state index >= 15 is 0 Å². The third-order valence-electron chi connectivity index (χ3n) is 0. The predicted molar refractivity (Wildman–Crippen MR) is 14.4 cm³/mol. The van der Waals surface area contributed by atoms with Crippen LogP contribution in [0.15, 0.2) is 0 Å². The molecule has 0 aliphatic carbocycles. The molecule has 7 nitrogen and oxygen atoms in total. The average Bonchev–Trinajstić information content (AvgIpc) is 1.25. The Bertz CT molecular complexity index is 74.4. The fraction of sp³-hybridized carbons (Fsp3) is 0. The van der Waals surface area contributed by atoms with E-state index in [1.54, 1.807) is 0 Å². The largest absolute Gasteiger partial charge is 3.00 e. The Hall–Kier alpha value is 0.604. The van der Waals surface area contributed by atoms with Gasteiger partial charge < -0.3 is 35.5 Å². The summed E-state index contributed by atoms with van der Waals surface area (Å²) in [6, 6.07) is 0. The van der Waals surface area contributed by atoms with Crippen LogP contribution in [0.3, 0.4) is 0 Å². The maximum atomic E-state index is 8.33. The summed E-state index contributed by atoms with van der Waals surface area (Å²) in [5.74, 6) is 0. The molecule has 0 heterocycles. The van der Waals surface area contributed by atoms with Crippen molar-refractivity contribution >= 4 is 12.3 Å². The van der Waals surface area contributed by atoms with Crippen molar-refractivity contribution in [1.82, 2.24) is 0 Å². The van der Waals surface area contributed by atoms with Gasteiger partial charge in [-0.25, -0.2) is 0 Å². The molecule has 0 aliphatic heterocycles. The minimum Gasteiger partial charge on any atom is -0.652 e. The molecule has 2 N–H and O–H groups in total. The zero-order valence-corrected chi connectivity index (χ0v) is 10.4. The van der Waals surface area contributed by atoms with Crippen molar-refractivity contribution < 1.29 is 97.8 Å². The van der Waals surface area contributed by atoms with Crippen molar-refractivity contribution in [3.05, 3.63) is 0 Å². The summed E-state index contributed by atoms with van der Waals surface area (Å²) in [4.78, 5) is 16.7. The number of carbonyl (C=O) groups is 2. The maximum Gasteiger partial charge on any atom is 3.00 e. The third kappa shape index (κ3) is 2150. The molecule has 0 aromatic rings. The Morgan fingerprint density at radius 2 is 0.818 bits per heavy atom. The molecule has 0 aromatic carbocycles. The van der Waals surface area contributed by atoms with Crippen LogP contribution in [-0.2, 0) is 32.7 Å². The quantitative estimate of drug-likeness (QED) is 0.388. The molecule has 0 aromatic heterocycles. The Morgan fingerprint density at radius 3 is 0.818 bits per heavy atom. The van der Waals surface area contributed by atoms with Crippen LogP contribution in [0.2, 0.25) is 0 Å². The van der Waals surface area contributed by atoms with E-state index in [2.05, 4.69) is 0 Å². The summed E-state index contributed by atoms with van der Waals surface area (Å²) in [6.07, 6.45) is -4.67. The van der Waals surface area contributed by atoms with E-state index < -0.39 is 12.3 Å². The SMILES string of the molecule is O.O=C([O-])[O-].O=C([O-])[O-].[Na+].[Y+3]. The second kappa shape index (κ2) is 22.4. The summed E-state index contributed by atoms with van der Waals surface area (Å²) < 4.78 is 0. The molecular formula is C2H2NaO7Y. The van der Waals surface area contributed by atoms with Crippen molar-refractivity contribution in [2.45, 2.75) is 0 Å². The molecule has 0 saturated carbocycles. The van der Waals surface area contributed by atoms with Gasteiger partial charge in [-0.2, -0.15) is 0 Å². The van der Waals surface area contributed by atoms with Crippen molar-refractivity contribution in [2.75, 3.05) is 0 Å². The summed E-state index contributed by atoms with van der Waals surface area (Å²) in [6.45, 7) is 0. The Labute approximate surface area is 109 Å². The standard InChI is InChI=1S/2CH2O3.Na.H2O.Y/c2*2-1(3)4;;;/h2*(H2,2,3,4);;1H2;/q;;+1;;+3/p-4. The van der Waals surface area contributed by atoms with Crippen LogP contribution in [0.1, 0.15) is 0 Å². The number of hydrogen-bond acceptors (Lipinski definition) is 6. The normalized spacial score (nSPS) is 4.36. The van der Waals surface area contributed by atoms with Gasteiger partial charge in [0, 0.05) is 0 Å². The maximum absolute atomic E-state index is 8.33. The fourth-order valence-corrected chi connectivity index (χ4v) is 0. The van der Waals surface area contributed by atoms with E-state index in [1.807, 2.05) is 0 Å². The number of carbonyl (C=O) groups excluding carboxylic acids is 2. The Balaban J connectivity index is -0.0000000171. The minimum atomic E-state index is -2.33. The molecule has 0 radical (unpaired) electrons. The van der Waals surface area contributed by atoms with Crippen LogP contribution >= 0.6 is 0 Å².